The fraction of sp³-hybridized carbons (Fsp3) is 0.280. The van der Waals surface area contributed by atoms with E-state index in [-0.39, 0.29) is 12.5 Å². The first kappa shape index (κ1) is 23.2. The molecule has 3 amide bonds. The topological polar surface area (TPSA) is 123 Å². The lowest BCUT2D eigenvalue weighted by Crippen LogP contribution is -2.49. The molecule has 1 saturated heterocycles. The van der Waals surface area contributed by atoms with Crippen LogP contribution in [0.2, 0.25) is 0 Å². The maximum Gasteiger partial charge on any atom is 0.250 e. The van der Waals surface area contributed by atoms with Crippen molar-refractivity contribution in [3.8, 4) is 0 Å². The number of halogens is 1. The Morgan fingerprint density at radius 3 is 2.59 bits per heavy atom. The van der Waals surface area contributed by atoms with Crippen molar-refractivity contribution in [2.24, 2.45) is 5.73 Å². The summed E-state index contributed by atoms with van der Waals surface area (Å²) in [5, 5.41) is 1.64. The van der Waals surface area contributed by atoms with E-state index in [2.05, 4.69) is 4.98 Å². The van der Waals surface area contributed by atoms with Gasteiger partial charge in [0.25, 0.3) is 5.91 Å². The summed E-state index contributed by atoms with van der Waals surface area (Å²) in [4.78, 5) is 45.5. The summed E-state index contributed by atoms with van der Waals surface area (Å²) in [6.45, 7) is 1.86. The summed E-state index contributed by atoms with van der Waals surface area (Å²) in [7, 11) is 0. The average Bonchev–Trinajstić information content (AvgIpc) is 3.30. The summed E-state index contributed by atoms with van der Waals surface area (Å²) in [6, 6.07) is 11.0. The van der Waals surface area contributed by atoms with Gasteiger partial charge in [-0.05, 0) is 53.6 Å². The van der Waals surface area contributed by atoms with Gasteiger partial charge in [-0.2, -0.15) is 0 Å². The van der Waals surface area contributed by atoms with Crippen molar-refractivity contribution in [3.63, 3.8) is 0 Å². The van der Waals surface area contributed by atoms with E-state index in [9.17, 15) is 18.8 Å². The summed E-state index contributed by atoms with van der Waals surface area (Å²) in [6.07, 6.45) is 2.71. The van der Waals surface area contributed by atoms with Crippen molar-refractivity contribution >= 4 is 34.3 Å². The zero-order valence-corrected chi connectivity index (χ0v) is 18.8. The van der Waals surface area contributed by atoms with E-state index in [0.717, 1.165) is 16.3 Å². The number of nitrogens with zero attached hydrogens (tertiary/aromatic N) is 3. The minimum Gasteiger partial charge on any atom is -0.383 e. The number of pyridine rings is 1. The van der Waals surface area contributed by atoms with Crippen molar-refractivity contribution in [2.75, 3.05) is 12.3 Å². The fourth-order valence-electron chi connectivity index (χ4n) is 4.51. The Labute approximate surface area is 196 Å². The maximum absolute atomic E-state index is 13.7. The van der Waals surface area contributed by atoms with E-state index < -0.39 is 29.7 Å². The van der Waals surface area contributed by atoms with Crippen LogP contribution < -0.4 is 11.5 Å². The van der Waals surface area contributed by atoms with Crippen LogP contribution in [0.5, 0.6) is 0 Å². The summed E-state index contributed by atoms with van der Waals surface area (Å²) < 4.78 is 13.7. The number of benzene rings is 2. The highest BCUT2D eigenvalue weighted by atomic mass is 19.1. The standard InChI is InChI=1S/C25H26FN5O3/c1-15(32)31(14-16-4-9-20-18(13-16)10-11-29-23(20)27)22(17-5-7-19(26)8-6-17)25(34)30-12-2-3-21(30)24(28)33/h4-11,13,21-22H,2-3,12,14H2,1H3,(H2,27,29)(H2,28,33)/t21-,22?/m0/s1. The number of fused-ring (bicyclic) bond motifs is 1. The molecule has 9 heteroatoms. The van der Waals surface area contributed by atoms with Crippen LogP contribution in [0.4, 0.5) is 10.2 Å². The molecule has 2 aromatic carbocycles. The molecule has 4 N–H and O–H groups in total. The lowest BCUT2D eigenvalue weighted by molar-refractivity contribution is -0.148. The van der Waals surface area contributed by atoms with Crippen LogP contribution in [-0.4, -0.2) is 45.1 Å². The lowest BCUT2D eigenvalue weighted by atomic mass is 10.0. The minimum atomic E-state index is -1.05. The number of carbonyl (C=O) groups is 3. The number of rotatable bonds is 6. The molecule has 1 aliphatic heterocycles. The lowest BCUT2D eigenvalue weighted by Gasteiger charge is -2.35. The van der Waals surface area contributed by atoms with E-state index >= 15 is 0 Å². The van der Waals surface area contributed by atoms with Gasteiger partial charge >= 0.3 is 0 Å². The number of primary amides is 1. The Kier molecular flexibility index (Phi) is 6.45. The Bertz CT molecular complexity index is 1250. The van der Waals surface area contributed by atoms with Crippen LogP contribution in [0, 0.1) is 5.82 Å². The molecule has 1 unspecified atom stereocenters. The number of aromatic nitrogens is 1. The molecule has 3 aromatic rings. The van der Waals surface area contributed by atoms with Crippen molar-refractivity contribution in [3.05, 3.63) is 71.7 Å². The molecule has 2 atom stereocenters. The van der Waals surface area contributed by atoms with Gasteiger partial charge in [0.15, 0.2) is 0 Å². The average molecular weight is 464 g/mol. The van der Waals surface area contributed by atoms with Gasteiger partial charge in [-0.15, -0.1) is 0 Å². The molecule has 0 spiro atoms. The smallest absolute Gasteiger partial charge is 0.250 e. The Balaban J connectivity index is 1.74. The molecule has 1 aromatic heterocycles. The summed E-state index contributed by atoms with van der Waals surface area (Å²) in [5.41, 5.74) is 12.7. The van der Waals surface area contributed by atoms with E-state index in [4.69, 9.17) is 11.5 Å². The highest BCUT2D eigenvalue weighted by molar-refractivity contribution is 5.93. The van der Waals surface area contributed by atoms with Crippen molar-refractivity contribution < 1.29 is 18.8 Å². The number of anilines is 1. The van der Waals surface area contributed by atoms with Crippen LogP contribution in [0.3, 0.4) is 0 Å². The van der Waals surface area contributed by atoms with Gasteiger partial charge in [0.1, 0.15) is 23.7 Å². The Morgan fingerprint density at radius 2 is 1.91 bits per heavy atom. The summed E-state index contributed by atoms with van der Waals surface area (Å²) in [5.74, 6) is -1.40. The molecule has 0 radical (unpaired) electrons. The van der Waals surface area contributed by atoms with E-state index in [1.807, 2.05) is 24.3 Å². The second kappa shape index (κ2) is 9.46. The quantitative estimate of drug-likeness (QED) is 0.582. The molecule has 8 nitrogen and oxygen atoms in total. The SMILES string of the molecule is CC(=O)N(Cc1ccc2c(N)nccc2c1)C(C(=O)N1CCC[C@H]1C(N)=O)c1ccc(F)cc1. The van der Waals surface area contributed by atoms with E-state index in [1.54, 1.807) is 6.20 Å². The molecule has 34 heavy (non-hydrogen) atoms. The molecule has 0 bridgehead atoms. The van der Waals surface area contributed by atoms with Gasteiger partial charge in [0.05, 0.1) is 0 Å². The highest BCUT2D eigenvalue weighted by Crippen LogP contribution is 2.30. The molecule has 176 valence electrons. The molecule has 2 heterocycles. The first-order valence-corrected chi connectivity index (χ1v) is 11.0. The zero-order chi connectivity index (χ0) is 24.4. The number of carbonyl (C=O) groups excluding carboxylic acids is 3. The van der Waals surface area contributed by atoms with Crippen LogP contribution in [-0.2, 0) is 20.9 Å². The van der Waals surface area contributed by atoms with Crippen molar-refractivity contribution in [1.29, 1.82) is 0 Å². The van der Waals surface area contributed by atoms with Gasteiger partial charge < -0.3 is 21.3 Å². The van der Waals surface area contributed by atoms with Crippen molar-refractivity contribution in [2.45, 2.75) is 38.4 Å². The number of likely N-dealkylation sites (tertiary alicyclic amines) is 1. The Morgan fingerprint density at radius 1 is 1.18 bits per heavy atom. The predicted octanol–water partition coefficient (Wildman–Crippen LogP) is 2.52. The monoisotopic (exact) mass is 463 g/mol. The maximum atomic E-state index is 13.7. The molecule has 1 fully saturated rings. The second-order valence-electron chi connectivity index (χ2n) is 8.44. The van der Waals surface area contributed by atoms with Crippen LogP contribution in [0.15, 0.2) is 54.7 Å². The molecule has 4 rings (SSSR count). The molecular formula is C25H26FN5O3. The predicted molar refractivity (Wildman–Crippen MR) is 125 cm³/mol. The normalized spacial score (nSPS) is 16.4. The van der Waals surface area contributed by atoms with Gasteiger partial charge in [-0.1, -0.05) is 24.3 Å². The fourth-order valence-corrected chi connectivity index (χ4v) is 4.51. The number of hydrogen-bond acceptors (Lipinski definition) is 5. The van der Waals surface area contributed by atoms with Gasteiger partial charge in [-0.25, -0.2) is 9.37 Å². The third-order valence-electron chi connectivity index (χ3n) is 6.21. The van der Waals surface area contributed by atoms with Crippen LogP contribution in [0.1, 0.15) is 36.9 Å². The second-order valence-corrected chi connectivity index (χ2v) is 8.44. The number of hydrogen-bond donors (Lipinski definition) is 2. The van der Waals surface area contributed by atoms with Gasteiger partial charge in [0.2, 0.25) is 11.8 Å². The van der Waals surface area contributed by atoms with Gasteiger partial charge in [0, 0.05) is 31.6 Å². The molecule has 0 aliphatic carbocycles. The van der Waals surface area contributed by atoms with E-state index in [0.29, 0.717) is 30.8 Å². The van der Waals surface area contributed by atoms with Crippen LogP contribution in [0.25, 0.3) is 10.8 Å². The van der Waals surface area contributed by atoms with Gasteiger partial charge in [-0.3, -0.25) is 14.4 Å². The highest BCUT2D eigenvalue weighted by Gasteiger charge is 2.39. The number of amides is 3. The minimum absolute atomic E-state index is 0.121. The van der Waals surface area contributed by atoms with Crippen LogP contribution >= 0.6 is 0 Å². The third-order valence-corrected chi connectivity index (χ3v) is 6.21. The molecular weight excluding hydrogens is 437 g/mol. The number of nitrogen functional groups attached to an aromatic ring is 1. The molecule has 0 saturated carbocycles. The largest absolute Gasteiger partial charge is 0.383 e. The zero-order valence-electron chi connectivity index (χ0n) is 18.8. The first-order chi connectivity index (χ1) is 16.3. The van der Waals surface area contributed by atoms with E-state index in [1.165, 1.54) is 41.0 Å². The third kappa shape index (κ3) is 4.54. The first-order valence-electron chi connectivity index (χ1n) is 11.0. The number of nitrogens with two attached hydrogens (primary N) is 2. The molecule has 1 aliphatic rings. The van der Waals surface area contributed by atoms with Crippen molar-refractivity contribution in [1.82, 2.24) is 14.8 Å². The Hall–Kier alpha value is -4.01. The summed E-state index contributed by atoms with van der Waals surface area (Å²) >= 11 is 0.